The van der Waals surface area contributed by atoms with Crippen LogP contribution in [0.4, 0.5) is 0 Å². The molecule has 6 heteroatoms. The van der Waals surface area contributed by atoms with Gasteiger partial charge in [-0.05, 0) is 109 Å². The summed E-state index contributed by atoms with van der Waals surface area (Å²) in [4.78, 5) is 37.9. The molecule has 0 amide bonds. The zero-order valence-corrected chi connectivity index (χ0v) is 40.5. The summed E-state index contributed by atoms with van der Waals surface area (Å²) in [6.45, 7) is 6.36. The number of carbonyl (C=O) groups excluding carboxylic acids is 3. The van der Waals surface area contributed by atoms with Crippen LogP contribution in [0.15, 0.2) is 109 Å². The molecule has 0 fully saturated rings. The fourth-order valence-corrected chi connectivity index (χ4v) is 6.43. The Morgan fingerprint density at radius 3 is 1.13 bits per heavy atom. The Morgan fingerprint density at radius 2 is 0.683 bits per heavy atom. The molecule has 0 aromatic heterocycles. The minimum absolute atomic E-state index is 0.110. The van der Waals surface area contributed by atoms with Crippen molar-refractivity contribution in [2.45, 2.75) is 219 Å². The summed E-state index contributed by atoms with van der Waals surface area (Å²) in [5.74, 6) is -0.987. The number of rotatable bonds is 44. The van der Waals surface area contributed by atoms with Crippen LogP contribution in [-0.4, -0.2) is 37.2 Å². The SMILES string of the molecule is CC/C=C\C/C=C\C/C=C\C/C=C\C/C=C\CCCCCC(=O)OCC(COC(=O)CCCCC/C=C\C=C/CCCC)OC(=O)CCCCCCCC/C=C\C=C/CCCCC. The predicted molar refractivity (Wildman–Crippen MR) is 270 cm³/mol. The molecule has 0 aliphatic heterocycles. The Labute approximate surface area is 387 Å². The summed E-state index contributed by atoms with van der Waals surface area (Å²) in [6.07, 6.45) is 67.8. The van der Waals surface area contributed by atoms with E-state index in [4.69, 9.17) is 14.2 Å². The number of carbonyl (C=O) groups is 3. The highest BCUT2D eigenvalue weighted by Gasteiger charge is 2.19. The summed E-state index contributed by atoms with van der Waals surface area (Å²) >= 11 is 0. The van der Waals surface area contributed by atoms with Crippen LogP contribution in [-0.2, 0) is 28.6 Å². The van der Waals surface area contributed by atoms with Crippen molar-refractivity contribution in [2.75, 3.05) is 13.2 Å². The molecule has 0 radical (unpaired) electrons. The molecule has 0 aliphatic rings. The molecule has 0 saturated heterocycles. The monoisotopic (exact) mass is 873 g/mol. The maximum absolute atomic E-state index is 12.8. The Hall–Kier alpha value is -3.93. The van der Waals surface area contributed by atoms with Gasteiger partial charge in [0.25, 0.3) is 0 Å². The largest absolute Gasteiger partial charge is 0.462 e. The molecular formula is C57H92O6. The van der Waals surface area contributed by atoms with Gasteiger partial charge in [-0.2, -0.15) is 0 Å². The zero-order valence-electron chi connectivity index (χ0n) is 40.5. The van der Waals surface area contributed by atoms with Crippen LogP contribution < -0.4 is 0 Å². The summed E-state index contributed by atoms with van der Waals surface area (Å²) in [7, 11) is 0. The second-order valence-corrected chi connectivity index (χ2v) is 16.4. The Morgan fingerprint density at radius 1 is 0.349 bits per heavy atom. The standard InChI is InChI=1S/C57H92O6/c1-4-7-10-13-16-19-22-24-26-27-28-29-31-32-35-38-41-44-47-50-56(59)62-53-54(52-61-55(58)49-46-43-40-37-34-21-18-15-12-9-6-3)63-57(60)51-48-45-42-39-36-33-30-25-23-20-17-14-11-8-5-2/h7,10,15-21,23-26,28-29,32,34-35,54H,4-6,8-9,11-14,22,27,30-31,33,36-53H2,1-3H3/b10-7-,18-15-,19-16-,20-17-,25-23-,26-24-,29-28-,34-21-,35-32-. The molecule has 0 N–H and O–H groups in total. The van der Waals surface area contributed by atoms with Crippen molar-refractivity contribution in [2.24, 2.45) is 0 Å². The second-order valence-electron chi connectivity index (χ2n) is 16.4. The minimum Gasteiger partial charge on any atom is -0.462 e. The molecule has 0 saturated carbocycles. The van der Waals surface area contributed by atoms with E-state index in [1.165, 1.54) is 44.9 Å². The molecule has 0 heterocycles. The van der Waals surface area contributed by atoms with E-state index in [1.54, 1.807) is 0 Å². The Balaban J connectivity index is 4.49. The first kappa shape index (κ1) is 59.1. The lowest BCUT2D eigenvalue weighted by molar-refractivity contribution is -0.167. The number of hydrogen-bond acceptors (Lipinski definition) is 6. The first-order valence-electron chi connectivity index (χ1n) is 25.4. The van der Waals surface area contributed by atoms with E-state index < -0.39 is 6.10 Å². The van der Waals surface area contributed by atoms with Gasteiger partial charge in [-0.3, -0.25) is 14.4 Å². The second kappa shape index (κ2) is 50.7. The van der Waals surface area contributed by atoms with Gasteiger partial charge in [0.05, 0.1) is 0 Å². The quantitative estimate of drug-likeness (QED) is 0.0199. The topological polar surface area (TPSA) is 78.9 Å². The third-order valence-corrected chi connectivity index (χ3v) is 10.3. The summed E-state index contributed by atoms with van der Waals surface area (Å²) in [5, 5.41) is 0. The maximum atomic E-state index is 12.8. The van der Waals surface area contributed by atoms with E-state index in [-0.39, 0.29) is 31.1 Å². The molecule has 0 bridgehead atoms. The average Bonchev–Trinajstić information content (AvgIpc) is 3.28. The van der Waals surface area contributed by atoms with Gasteiger partial charge in [-0.1, -0.05) is 194 Å². The van der Waals surface area contributed by atoms with Gasteiger partial charge in [0, 0.05) is 19.3 Å². The van der Waals surface area contributed by atoms with Gasteiger partial charge >= 0.3 is 17.9 Å². The number of esters is 3. The van der Waals surface area contributed by atoms with Crippen molar-refractivity contribution in [1.82, 2.24) is 0 Å². The fraction of sp³-hybridized carbons (Fsp3) is 0.632. The van der Waals surface area contributed by atoms with Crippen LogP contribution in [0.3, 0.4) is 0 Å². The molecule has 1 unspecified atom stereocenters. The van der Waals surface area contributed by atoms with Crippen molar-refractivity contribution in [3.63, 3.8) is 0 Å². The van der Waals surface area contributed by atoms with Gasteiger partial charge < -0.3 is 14.2 Å². The van der Waals surface area contributed by atoms with Crippen LogP contribution in [0.2, 0.25) is 0 Å². The molecule has 0 aromatic rings. The molecule has 0 aliphatic carbocycles. The highest BCUT2D eigenvalue weighted by molar-refractivity contribution is 5.71. The fourth-order valence-electron chi connectivity index (χ4n) is 6.43. The number of ether oxygens (including phenoxy) is 3. The first-order valence-corrected chi connectivity index (χ1v) is 25.4. The zero-order chi connectivity index (χ0) is 45.8. The smallest absolute Gasteiger partial charge is 0.306 e. The number of allylic oxidation sites excluding steroid dienone is 18. The van der Waals surface area contributed by atoms with Crippen LogP contribution in [0, 0.1) is 0 Å². The van der Waals surface area contributed by atoms with E-state index in [0.717, 1.165) is 128 Å². The highest BCUT2D eigenvalue weighted by Crippen LogP contribution is 2.12. The van der Waals surface area contributed by atoms with E-state index in [2.05, 4.69) is 130 Å². The van der Waals surface area contributed by atoms with Gasteiger partial charge in [-0.25, -0.2) is 0 Å². The third kappa shape index (κ3) is 49.0. The number of hydrogen-bond donors (Lipinski definition) is 0. The lowest BCUT2D eigenvalue weighted by atomic mass is 10.1. The predicted octanol–water partition coefficient (Wildman–Crippen LogP) is 16.8. The molecule has 0 rings (SSSR count). The molecule has 1 atom stereocenters. The third-order valence-electron chi connectivity index (χ3n) is 10.3. The lowest BCUT2D eigenvalue weighted by Crippen LogP contribution is -2.30. The van der Waals surface area contributed by atoms with E-state index in [0.29, 0.717) is 19.3 Å². The van der Waals surface area contributed by atoms with Crippen molar-refractivity contribution in [1.29, 1.82) is 0 Å². The van der Waals surface area contributed by atoms with Crippen molar-refractivity contribution in [3.05, 3.63) is 109 Å². The molecule has 356 valence electrons. The van der Waals surface area contributed by atoms with Gasteiger partial charge in [0.1, 0.15) is 13.2 Å². The Bertz CT molecular complexity index is 1330. The summed E-state index contributed by atoms with van der Waals surface area (Å²) < 4.78 is 16.7. The van der Waals surface area contributed by atoms with Crippen LogP contribution in [0.25, 0.3) is 0 Å². The Kier molecular flexibility index (Phi) is 47.5. The van der Waals surface area contributed by atoms with Gasteiger partial charge in [-0.15, -0.1) is 0 Å². The number of unbranched alkanes of at least 4 members (excludes halogenated alkanes) is 17. The highest BCUT2D eigenvalue weighted by atomic mass is 16.6. The summed E-state index contributed by atoms with van der Waals surface area (Å²) in [6, 6.07) is 0. The van der Waals surface area contributed by atoms with E-state index in [1.807, 2.05) is 0 Å². The first-order chi connectivity index (χ1) is 31.0. The minimum atomic E-state index is -0.810. The van der Waals surface area contributed by atoms with Gasteiger partial charge in [0.15, 0.2) is 6.10 Å². The van der Waals surface area contributed by atoms with Crippen molar-refractivity contribution in [3.8, 4) is 0 Å². The summed E-state index contributed by atoms with van der Waals surface area (Å²) in [5.41, 5.74) is 0. The molecule has 0 spiro atoms. The van der Waals surface area contributed by atoms with E-state index in [9.17, 15) is 14.4 Å². The van der Waals surface area contributed by atoms with Gasteiger partial charge in [0.2, 0.25) is 0 Å². The van der Waals surface area contributed by atoms with Crippen LogP contribution in [0.1, 0.15) is 213 Å². The van der Waals surface area contributed by atoms with Crippen molar-refractivity contribution < 1.29 is 28.6 Å². The molecule has 6 nitrogen and oxygen atoms in total. The van der Waals surface area contributed by atoms with E-state index >= 15 is 0 Å². The maximum Gasteiger partial charge on any atom is 0.306 e. The van der Waals surface area contributed by atoms with Crippen LogP contribution in [0.5, 0.6) is 0 Å². The van der Waals surface area contributed by atoms with Crippen LogP contribution >= 0.6 is 0 Å². The molecular weight excluding hydrogens is 781 g/mol. The molecule has 0 aromatic carbocycles. The average molecular weight is 873 g/mol. The lowest BCUT2D eigenvalue weighted by Gasteiger charge is -2.18. The molecule has 63 heavy (non-hydrogen) atoms. The van der Waals surface area contributed by atoms with Crippen molar-refractivity contribution >= 4 is 17.9 Å². The normalized spacial score (nSPS) is 13.0.